The summed E-state index contributed by atoms with van der Waals surface area (Å²) in [7, 11) is 1.59. The fraction of sp³-hybridized carbons (Fsp3) is 0.261. The summed E-state index contributed by atoms with van der Waals surface area (Å²) in [5.41, 5.74) is 3.18. The van der Waals surface area contributed by atoms with Gasteiger partial charge in [0.05, 0.1) is 24.4 Å². The third-order valence-electron chi connectivity index (χ3n) is 4.90. The number of aromatic nitrogens is 1. The Labute approximate surface area is 169 Å². The van der Waals surface area contributed by atoms with Gasteiger partial charge in [-0.2, -0.15) is 0 Å². The molecule has 6 heteroatoms. The molecule has 0 unspecified atom stereocenters. The van der Waals surface area contributed by atoms with Gasteiger partial charge in [-0.15, -0.1) is 0 Å². The minimum absolute atomic E-state index is 0.0490. The maximum absolute atomic E-state index is 10.6. The standard InChI is InChI=1S/C23H23NO5/c1-3-7-16-10-17(19(25)11-20(16)26-2)23-18(12-24-29-23)22-14-27-13-21(28-22)15-8-5-4-6-9-15/h4-5,8,10-14,25H,3,6-7,9H2,1-2H3. The molecule has 4 rings (SSSR count). The number of benzene rings is 1. The van der Waals surface area contributed by atoms with Gasteiger partial charge < -0.3 is 23.8 Å². The summed E-state index contributed by atoms with van der Waals surface area (Å²) in [6, 6.07) is 3.47. The molecule has 0 saturated carbocycles. The van der Waals surface area contributed by atoms with Crippen molar-refractivity contribution in [3.8, 4) is 22.8 Å². The molecule has 6 nitrogen and oxygen atoms in total. The van der Waals surface area contributed by atoms with E-state index in [4.69, 9.17) is 18.7 Å². The number of aryl methyl sites for hydroxylation is 1. The van der Waals surface area contributed by atoms with E-state index in [1.165, 1.54) is 6.26 Å². The molecule has 1 aliphatic carbocycles. The Balaban J connectivity index is 1.68. The second kappa shape index (κ2) is 8.31. The summed E-state index contributed by atoms with van der Waals surface area (Å²) in [5, 5.41) is 14.5. The Morgan fingerprint density at radius 2 is 2.03 bits per heavy atom. The predicted molar refractivity (Wildman–Crippen MR) is 109 cm³/mol. The van der Waals surface area contributed by atoms with E-state index in [0.29, 0.717) is 34.2 Å². The van der Waals surface area contributed by atoms with Crippen LogP contribution in [0.4, 0.5) is 0 Å². The number of phenols is 1. The molecule has 1 N–H and O–H groups in total. The van der Waals surface area contributed by atoms with Crippen LogP contribution >= 0.6 is 0 Å². The summed E-state index contributed by atoms with van der Waals surface area (Å²) in [4.78, 5) is 0. The number of hydrogen-bond donors (Lipinski definition) is 1. The first-order valence-electron chi connectivity index (χ1n) is 9.66. The molecule has 0 atom stereocenters. The van der Waals surface area contributed by atoms with Crippen molar-refractivity contribution in [3.63, 3.8) is 0 Å². The third kappa shape index (κ3) is 3.78. The topological polar surface area (TPSA) is 74.0 Å². The van der Waals surface area contributed by atoms with Crippen LogP contribution in [0.1, 0.15) is 37.3 Å². The number of methoxy groups -OCH3 is 1. The molecule has 0 fully saturated rings. The molecule has 0 spiro atoms. The van der Waals surface area contributed by atoms with Gasteiger partial charge in [0.1, 0.15) is 24.0 Å². The number of hydrogen-bond acceptors (Lipinski definition) is 6. The Kier molecular flexibility index (Phi) is 5.42. The van der Waals surface area contributed by atoms with Crippen LogP contribution in [0.15, 0.2) is 64.9 Å². The van der Waals surface area contributed by atoms with Gasteiger partial charge in [0.25, 0.3) is 0 Å². The molecule has 0 radical (unpaired) electrons. The second-order valence-electron chi connectivity index (χ2n) is 6.86. The number of allylic oxidation sites excluding steroid dienone is 4. The van der Waals surface area contributed by atoms with Crippen molar-refractivity contribution in [3.05, 3.63) is 71.5 Å². The molecule has 2 aliphatic rings. The molecule has 0 saturated heterocycles. The van der Waals surface area contributed by atoms with Crippen molar-refractivity contribution in [2.75, 3.05) is 7.11 Å². The molecule has 0 amide bonds. The van der Waals surface area contributed by atoms with E-state index in [1.807, 2.05) is 18.2 Å². The maximum Gasteiger partial charge on any atom is 0.181 e. The first-order valence-corrected chi connectivity index (χ1v) is 9.66. The first-order chi connectivity index (χ1) is 14.2. The highest BCUT2D eigenvalue weighted by atomic mass is 16.5. The minimum atomic E-state index is 0.0490. The van der Waals surface area contributed by atoms with Gasteiger partial charge in [-0.3, -0.25) is 0 Å². The number of ether oxygens (including phenoxy) is 3. The van der Waals surface area contributed by atoms with Crippen molar-refractivity contribution in [1.29, 1.82) is 0 Å². The summed E-state index contributed by atoms with van der Waals surface area (Å²) >= 11 is 0. The molecule has 1 aromatic carbocycles. The van der Waals surface area contributed by atoms with Crippen LogP contribution in [0.25, 0.3) is 17.1 Å². The Morgan fingerprint density at radius 3 is 2.79 bits per heavy atom. The van der Waals surface area contributed by atoms with Gasteiger partial charge >= 0.3 is 0 Å². The molecule has 1 aliphatic heterocycles. The Bertz CT molecular complexity index is 1030. The van der Waals surface area contributed by atoms with Gasteiger partial charge in [-0.1, -0.05) is 36.7 Å². The van der Waals surface area contributed by atoms with Gasteiger partial charge in [0.2, 0.25) is 0 Å². The normalized spacial score (nSPS) is 15.7. The van der Waals surface area contributed by atoms with Crippen LogP contribution in [0, 0.1) is 0 Å². The summed E-state index contributed by atoms with van der Waals surface area (Å²) in [6.45, 7) is 2.09. The molecular formula is C23H23NO5. The maximum atomic E-state index is 10.6. The summed E-state index contributed by atoms with van der Waals surface area (Å²) < 4.78 is 22.5. The largest absolute Gasteiger partial charge is 0.507 e. The van der Waals surface area contributed by atoms with E-state index in [-0.39, 0.29) is 5.75 Å². The van der Waals surface area contributed by atoms with Gasteiger partial charge in [0.15, 0.2) is 17.3 Å². The average Bonchev–Trinajstić information content (AvgIpc) is 3.25. The highest BCUT2D eigenvalue weighted by molar-refractivity contribution is 5.79. The Morgan fingerprint density at radius 1 is 1.17 bits per heavy atom. The third-order valence-corrected chi connectivity index (χ3v) is 4.90. The van der Waals surface area contributed by atoms with E-state index >= 15 is 0 Å². The molecule has 150 valence electrons. The number of nitrogens with zero attached hydrogens (tertiary/aromatic N) is 1. The van der Waals surface area contributed by atoms with Crippen molar-refractivity contribution in [2.45, 2.75) is 32.6 Å². The number of rotatable bonds is 6. The molecule has 2 aromatic rings. The highest BCUT2D eigenvalue weighted by Crippen LogP contribution is 2.41. The second-order valence-corrected chi connectivity index (χ2v) is 6.86. The van der Waals surface area contributed by atoms with Crippen LogP contribution < -0.4 is 4.74 Å². The lowest BCUT2D eigenvalue weighted by molar-refractivity contribution is 0.285. The first kappa shape index (κ1) is 18.9. The van der Waals surface area contributed by atoms with Crippen LogP contribution in [0.3, 0.4) is 0 Å². The lowest BCUT2D eigenvalue weighted by atomic mass is 10.0. The van der Waals surface area contributed by atoms with E-state index in [2.05, 4.69) is 18.2 Å². The molecular weight excluding hydrogens is 370 g/mol. The monoisotopic (exact) mass is 393 g/mol. The zero-order valence-corrected chi connectivity index (χ0v) is 16.5. The summed E-state index contributed by atoms with van der Waals surface area (Å²) in [5.74, 6) is 2.24. The van der Waals surface area contributed by atoms with Crippen molar-refractivity contribution < 1.29 is 23.8 Å². The molecule has 2 heterocycles. The Hall–Kier alpha value is -3.41. The summed E-state index contributed by atoms with van der Waals surface area (Å²) in [6.07, 6.45) is 14.4. The van der Waals surface area contributed by atoms with Gasteiger partial charge in [0, 0.05) is 6.07 Å². The van der Waals surface area contributed by atoms with Crippen molar-refractivity contribution >= 4 is 5.76 Å². The van der Waals surface area contributed by atoms with Gasteiger partial charge in [-0.05, 0) is 36.5 Å². The van der Waals surface area contributed by atoms with Crippen LogP contribution in [0.5, 0.6) is 11.5 Å². The van der Waals surface area contributed by atoms with Crippen LogP contribution in [-0.2, 0) is 15.9 Å². The van der Waals surface area contributed by atoms with E-state index < -0.39 is 0 Å². The lowest BCUT2D eigenvalue weighted by Crippen LogP contribution is -2.03. The van der Waals surface area contributed by atoms with E-state index in [9.17, 15) is 5.11 Å². The predicted octanol–water partition coefficient (Wildman–Crippen LogP) is 5.47. The van der Waals surface area contributed by atoms with E-state index in [1.54, 1.807) is 25.6 Å². The fourth-order valence-electron chi connectivity index (χ4n) is 3.45. The highest BCUT2D eigenvalue weighted by Gasteiger charge is 2.24. The SMILES string of the molecule is CCCc1cc(-c2oncc2C2=COC=C(C3=CC=CCC3)O2)c(O)cc1OC. The zero-order valence-electron chi connectivity index (χ0n) is 16.5. The zero-order chi connectivity index (χ0) is 20.2. The van der Waals surface area contributed by atoms with E-state index in [0.717, 1.165) is 36.8 Å². The average molecular weight is 393 g/mol. The number of phenolic OH excluding ortho intramolecular Hbond substituents is 1. The van der Waals surface area contributed by atoms with Crippen LogP contribution in [0.2, 0.25) is 0 Å². The fourth-order valence-corrected chi connectivity index (χ4v) is 3.45. The number of aromatic hydroxyl groups is 1. The minimum Gasteiger partial charge on any atom is -0.507 e. The molecule has 1 aromatic heterocycles. The van der Waals surface area contributed by atoms with Crippen molar-refractivity contribution in [2.24, 2.45) is 0 Å². The van der Waals surface area contributed by atoms with Crippen LogP contribution in [-0.4, -0.2) is 17.4 Å². The molecule has 29 heavy (non-hydrogen) atoms. The lowest BCUT2D eigenvalue weighted by Gasteiger charge is -2.19. The van der Waals surface area contributed by atoms with Gasteiger partial charge in [-0.25, -0.2) is 0 Å². The van der Waals surface area contributed by atoms with Crippen molar-refractivity contribution in [1.82, 2.24) is 5.16 Å². The quantitative estimate of drug-likeness (QED) is 0.701. The molecule has 0 bridgehead atoms. The smallest absolute Gasteiger partial charge is 0.181 e.